The molecule has 0 N–H and O–H groups in total. The van der Waals surface area contributed by atoms with Crippen molar-refractivity contribution in [3.05, 3.63) is 0 Å². The Kier molecular flexibility index (Phi) is 5.54. The third kappa shape index (κ3) is 4.12. The number of halogens is 2. The van der Waals surface area contributed by atoms with Crippen LogP contribution in [0.1, 0.15) is 27.7 Å². The van der Waals surface area contributed by atoms with E-state index >= 15 is 0 Å². The van der Waals surface area contributed by atoms with Crippen LogP contribution in [0.3, 0.4) is 0 Å². The lowest BCUT2D eigenvalue weighted by atomic mass is 10.5. The van der Waals surface area contributed by atoms with Crippen LogP contribution in [0.4, 0.5) is 8.78 Å². The number of rotatable bonds is 6. The molecule has 17 heavy (non-hydrogen) atoms. The Labute approximate surface area is 103 Å². The zero-order valence-corrected chi connectivity index (χ0v) is 13.5. The summed E-state index contributed by atoms with van der Waals surface area (Å²) < 4.78 is 50.8. The highest BCUT2D eigenvalue weighted by Gasteiger charge is 2.62. The van der Waals surface area contributed by atoms with Crippen molar-refractivity contribution in [2.75, 3.05) is 0 Å². The van der Waals surface area contributed by atoms with Gasteiger partial charge in [0.1, 0.15) is 8.07 Å². The van der Waals surface area contributed by atoms with Crippen LogP contribution in [0.25, 0.3) is 0 Å². The lowest BCUT2D eigenvalue weighted by Crippen LogP contribution is -2.46. The monoisotopic (exact) mass is 288 g/mol. The maximum absolute atomic E-state index is 14.2. The minimum atomic E-state index is -4.43. The van der Waals surface area contributed by atoms with Gasteiger partial charge in [0.2, 0.25) is 0 Å². The maximum Gasteiger partial charge on any atom is 0.395 e. The number of hydrogen-bond acceptors (Lipinski definition) is 3. The highest BCUT2D eigenvalue weighted by Crippen LogP contribution is 2.66. The van der Waals surface area contributed by atoms with Crippen molar-refractivity contribution in [1.82, 2.24) is 0 Å². The van der Waals surface area contributed by atoms with Crippen molar-refractivity contribution >= 4 is 15.7 Å². The van der Waals surface area contributed by atoms with Gasteiger partial charge in [0, 0.05) is 0 Å². The summed E-state index contributed by atoms with van der Waals surface area (Å²) in [6.45, 7) is 10.6. The Morgan fingerprint density at radius 2 is 1.29 bits per heavy atom. The fourth-order valence-corrected chi connectivity index (χ4v) is 6.15. The molecular weight excluding hydrogens is 265 g/mol. The van der Waals surface area contributed by atoms with Gasteiger partial charge in [-0.25, -0.2) is 0 Å². The van der Waals surface area contributed by atoms with Gasteiger partial charge >= 0.3 is 12.9 Å². The molecule has 0 bridgehead atoms. The molecule has 7 heteroatoms. The zero-order chi connectivity index (χ0) is 14.1. The van der Waals surface area contributed by atoms with Crippen LogP contribution < -0.4 is 0 Å². The van der Waals surface area contributed by atoms with Crippen molar-refractivity contribution in [3.63, 3.8) is 0 Å². The van der Waals surface area contributed by atoms with Gasteiger partial charge in [-0.3, -0.25) is 4.57 Å². The minimum absolute atomic E-state index is 0.568. The highest BCUT2D eigenvalue weighted by atomic mass is 31.2. The molecule has 0 aromatic rings. The fourth-order valence-electron chi connectivity index (χ4n) is 1.12. The molecular formula is C10H23F2O3PSi. The standard InChI is InChI=1S/C10H23F2O3PSi/c1-8(2)14-16(13,15-9(3)4)10(11,12)17(5,6)7/h8-9H,1-7H3. The van der Waals surface area contributed by atoms with E-state index in [9.17, 15) is 13.3 Å². The first kappa shape index (κ1) is 17.2. The summed E-state index contributed by atoms with van der Waals surface area (Å²) in [6, 6.07) is 0. The molecule has 0 atom stereocenters. The third-order valence-electron chi connectivity index (χ3n) is 1.95. The second kappa shape index (κ2) is 5.47. The lowest BCUT2D eigenvalue weighted by Gasteiger charge is -2.35. The summed E-state index contributed by atoms with van der Waals surface area (Å²) in [4.78, 5) is 0. The van der Waals surface area contributed by atoms with Crippen molar-refractivity contribution < 1.29 is 22.4 Å². The predicted octanol–water partition coefficient (Wildman–Crippen LogP) is 4.50. The Balaban J connectivity index is 5.39. The van der Waals surface area contributed by atoms with Gasteiger partial charge < -0.3 is 9.05 Å². The van der Waals surface area contributed by atoms with Gasteiger partial charge in [-0.1, -0.05) is 19.6 Å². The minimum Gasteiger partial charge on any atom is -0.302 e. The predicted molar refractivity (Wildman–Crippen MR) is 68.3 cm³/mol. The Hall–Kier alpha value is 0.227. The van der Waals surface area contributed by atoms with Crippen LogP contribution in [-0.2, 0) is 13.6 Å². The van der Waals surface area contributed by atoms with Gasteiger partial charge in [0.05, 0.1) is 12.2 Å². The average molecular weight is 288 g/mol. The molecule has 0 rings (SSSR count). The van der Waals surface area contributed by atoms with E-state index in [0.29, 0.717) is 0 Å². The molecule has 0 radical (unpaired) electrons. The molecule has 0 spiro atoms. The Bertz CT molecular complexity index is 286. The summed E-state index contributed by atoms with van der Waals surface area (Å²) >= 11 is 0. The summed E-state index contributed by atoms with van der Waals surface area (Å²) in [6.07, 6.45) is -1.14. The molecule has 0 amide bonds. The zero-order valence-electron chi connectivity index (χ0n) is 11.6. The van der Waals surface area contributed by atoms with Crippen LogP contribution in [0.5, 0.6) is 0 Å². The van der Waals surface area contributed by atoms with E-state index in [1.165, 1.54) is 19.6 Å². The van der Waals surface area contributed by atoms with Gasteiger partial charge in [-0.15, -0.1) is 0 Å². The van der Waals surface area contributed by atoms with E-state index < -0.39 is 33.2 Å². The van der Waals surface area contributed by atoms with Gasteiger partial charge in [-0.05, 0) is 27.7 Å². The molecule has 3 nitrogen and oxygen atoms in total. The highest BCUT2D eigenvalue weighted by molar-refractivity contribution is 7.58. The third-order valence-corrected chi connectivity index (χ3v) is 8.67. The smallest absolute Gasteiger partial charge is 0.302 e. The van der Waals surface area contributed by atoms with Gasteiger partial charge in [0.15, 0.2) is 0 Å². The molecule has 0 aliphatic rings. The molecule has 104 valence electrons. The van der Waals surface area contributed by atoms with E-state index in [1.807, 2.05) is 0 Å². The molecule has 0 aromatic heterocycles. The first-order valence-electron chi connectivity index (χ1n) is 5.68. The average Bonchev–Trinajstić information content (AvgIpc) is 1.97. The van der Waals surface area contributed by atoms with Crippen LogP contribution in [0.15, 0.2) is 0 Å². The summed E-state index contributed by atoms with van der Waals surface area (Å²) in [5, 5.41) is -3.39. The Morgan fingerprint density at radius 1 is 1.00 bits per heavy atom. The number of alkyl halides is 2. The second-order valence-corrected chi connectivity index (χ2v) is 13.1. The van der Waals surface area contributed by atoms with E-state index in [-0.39, 0.29) is 0 Å². The molecule has 0 aliphatic heterocycles. The van der Waals surface area contributed by atoms with Crippen molar-refractivity contribution in [3.8, 4) is 0 Å². The van der Waals surface area contributed by atoms with Crippen LogP contribution in [0, 0.1) is 0 Å². The quantitative estimate of drug-likeness (QED) is 0.533. The van der Waals surface area contributed by atoms with Crippen LogP contribution in [0.2, 0.25) is 19.6 Å². The first-order chi connectivity index (χ1) is 7.33. The molecule has 0 aromatic carbocycles. The van der Waals surface area contributed by atoms with Gasteiger partial charge in [-0.2, -0.15) is 8.78 Å². The Morgan fingerprint density at radius 3 is 1.47 bits per heavy atom. The summed E-state index contributed by atoms with van der Waals surface area (Å²) in [5.41, 5.74) is 0. The molecule has 0 unspecified atom stereocenters. The van der Waals surface area contributed by atoms with Gasteiger partial charge in [0.25, 0.3) is 0 Å². The van der Waals surface area contributed by atoms with E-state index in [4.69, 9.17) is 9.05 Å². The lowest BCUT2D eigenvalue weighted by molar-refractivity contribution is 0.0650. The van der Waals surface area contributed by atoms with Crippen molar-refractivity contribution in [2.45, 2.75) is 64.8 Å². The molecule has 0 aliphatic carbocycles. The second-order valence-electron chi connectivity index (χ2n) is 5.60. The van der Waals surface area contributed by atoms with Crippen molar-refractivity contribution in [1.29, 1.82) is 0 Å². The van der Waals surface area contributed by atoms with E-state index in [1.54, 1.807) is 27.7 Å². The summed E-state index contributed by atoms with van der Waals surface area (Å²) in [5.74, 6) is 0. The van der Waals surface area contributed by atoms with Crippen LogP contribution >= 0.6 is 7.60 Å². The molecule has 0 fully saturated rings. The molecule has 0 saturated heterocycles. The molecule has 0 saturated carbocycles. The molecule has 0 heterocycles. The van der Waals surface area contributed by atoms with E-state index in [2.05, 4.69) is 0 Å². The normalized spacial score (nSPS) is 14.8. The van der Waals surface area contributed by atoms with E-state index in [0.717, 1.165) is 0 Å². The SMILES string of the molecule is CC(C)OP(=O)(OC(C)C)C(F)(F)[Si](C)(C)C. The van der Waals surface area contributed by atoms with Crippen molar-refractivity contribution in [2.24, 2.45) is 0 Å². The van der Waals surface area contributed by atoms with Crippen LogP contribution in [-0.4, -0.2) is 25.6 Å². The maximum atomic E-state index is 14.2. The fraction of sp³-hybridized carbons (Fsp3) is 1.00. The number of hydrogen-bond donors (Lipinski definition) is 0. The first-order valence-corrected chi connectivity index (χ1v) is 10.7. The largest absolute Gasteiger partial charge is 0.395 e. The topological polar surface area (TPSA) is 35.5 Å². The summed E-state index contributed by atoms with van der Waals surface area (Å²) in [7, 11) is -7.43.